The van der Waals surface area contributed by atoms with Crippen LogP contribution in [0.1, 0.15) is 77.7 Å². The molecule has 0 bridgehead atoms. The highest BCUT2D eigenvalue weighted by Gasteiger charge is 2.19. The monoisotopic (exact) mass is 264 g/mol. The molecule has 0 amide bonds. The van der Waals surface area contributed by atoms with Crippen LogP contribution in [0.25, 0.3) is 0 Å². The topological polar surface area (TPSA) is 0 Å². The summed E-state index contributed by atoms with van der Waals surface area (Å²) in [5, 5.41) is 0. The zero-order valence-corrected chi connectivity index (χ0v) is 12.8. The summed E-state index contributed by atoms with van der Waals surface area (Å²) in [6.45, 7) is 6.78. The van der Waals surface area contributed by atoms with Crippen molar-refractivity contribution in [3.63, 3.8) is 0 Å². The van der Waals surface area contributed by atoms with E-state index >= 15 is 0 Å². The fourth-order valence-electron chi connectivity index (χ4n) is 2.57. The van der Waals surface area contributed by atoms with Gasteiger partial charge in [-0.1, -0.05) is 77.8 Å². The Bertz CT molecular complexity index is 337. The minimum atomic E-state index is -0.143. The van der Waals surface area contributed by atoms with Crippen LogP contribution in [0.5, 0.6) is 0 Å². The van der Waals surface area contributed by atoms with E-state index in [-0.39, 0.29) is 11.2 Å². The number of halogens is 1. The third-order valence-electron chi connectivity index (χ3n) is 4.03. The minimum Gasteiger partial charge on any atom is -0.207 e. The molecule has 0 nitrogen and oxygen atoms in total. The highest BCUT2D eigenvalue weighted by molar-refractivity contribution is 5.23. The molecule has 0 radical (unpaired) electrons. The van der Waals surface area contributed by atoms with Crippen LogP contribution < -0.4 is 0 Å². The fraction of sp³-hybridized carbons (Fsp3) is 0.667. The quantitative estimate of drug-likeness (QED) is 0.463. The molecule has 19 heavy (non-hydrogen) atoms. The molecular formula is C18H29F. The van der Waals surface area contributed by atoms with Crippen molar-refractivity contribution in [1.82, 2.24) is 0 Å². The first-order chi connectivity index (χ1) is 9.06. The van der Waals surface area contributed by atoms with Crippen LogP contribution in [-0.2, 0) is 5.41 Å². The van der Waals surface area contributed by atoms with Gasteiger partial charge in [0.1, 0.15) is 5.82 Å². The molecule has 1 aromatic carbocycles. The first-order valence-electron chi connectivity index (χ1n) is 7.82. The molecule has 0 aliphatic carbocycles. The van der Waals surface area contributed by atoms with E-state index in [1.165, 1.54) is 56.9 Å². The number of unbranched alkanes of at least 4 members (excludes halogenated alkanes) is 6. The number of rotatable bonds is 9. The third-order valence-corrected chi connectivity index (χ3v) is 4.03. The third kappa shape index (κ3) is 6.22. The van der Waals surface area contributed by atoms with E-state index in [1.54, 1.807) is 12.1 Å². The van der Waals surface area contributed by atoms with Gasteiger partial charge in [-0.05, 0) is 29.5 Å². The first kappa shape index (κ1) is 16.2. The molecule has 0 spiro atoms. The van der Waals surface area contributed by atoms with E-state index in [2.05, 4.69) is 20.8 Å². The van der Waals surface area contributed by atoms with Gasteiger partial charge in [0, 0.05) is 0 Å². The van der Waals surface area contributed by atoms with E-state index in [0.29, 0.717) is 0 Å². The summed E-state index contributed by atoms with van der Waals surface area (Å²) in [5.74, 6) is -0.143. The molecule has 0 atom stereocenters. The Morgan fingerprint density at radius 1 is 0.842 bits per heavy atom. The molecule has 0 unspecified atom stereocenters. The molecular weight excluding hydrogens is 235 g/mol. The summed E-state index contributed by atoms with van der Waals surface area (Å²) in [5.41, 5.74) is 1.41. The standard InChI is InChI=1S/C18H29F/c1-4-5-6-7-8-9-10-15-18(2,3)16-11-13-17(19)14-12-16/h11-14H,4-10,15H2,1-3H3. The SMILES string of the molecule is CCCCCCCCCC(C)(C)c1ccc(F)cc1. The van der Waals surface area contributed by atoms with Crippen molar-refractivity contribution in [1.29, 1.82) is 0 Å². The van der Waals surface area contributed by atoms with Gasteiger partial charge in [0.25, 0.3) is 0 Å². The van der Waals surface area contributed by atoms with Crippen LogP contribution in [-0.4, -0.2) is 0 Å². The smallest absolute Gasteiger partial charge is 0.123 e. The molecule has 1 rings (SSSR count). The summed E-state index contributed by atoms with van der Waals surface area (Å²) >= 11 is 0. The summed E-state index contributed by atoms with van der Waals surface area (Å²) in [6, 6.07) is 7.00. The van der Waals surface area contributed by atoms with E-state index in [9.17, 15) is 4.39 Å². The van der Waals surface area contributed by atoms with E-state index in [1.807, 2.05) is 12.1 Å². The highest BCUT2D eigenvalue weighted by Crippen LogP contribution is 2.29. The van der Waals surface area contributed by atoms with Gasteiger partial charge in [-0.3, -0.25) is 0 Å². The maximum Gasteiger partial charge on any atom is 0.123 e. The number of hydrogen-bond donors (Lipinski definition) is 0. The van der Waals surface area contributed by atoms with E-state index in [4.69, 9.17) is 0 Å². The fourth-order valence-corrected chi connectivity index (χ4v) is 2.57. The Labute approximate surface area is 118 Å². The minimum absolute atomic E-state index is 0.143. The predicted molar refractivity (Wildman–Crippen MR) is 82.0 cm³/mol. The van der Waals surface area contributed by atoms with Gasteiger partial charge >= 0.3 is 0 Å². The Hall–Kier alpha value is -0.850. The van der Waals surface area contributed by atoms with Crippen molar-refractivity contribution in [3.05, 3.63) is 35.6 Å². The van der Waals surface area contributed by atoms with Gasteiger partial charge in [-0.2, -0.15) is 0 Å². The predicted octanol–water partition coefficient (Wildman–Crippen LogP) is 6.24. The molecule has 0 saturated heterocycles. The highest BCUT2D eigenvalue weighted by atomic mass is 19.1. The zero-order valence-electron chi connectivity index (χ0n) is 12.8. The lowest BCUT2D eigenvalue weighted by Gasteiger charge is -2.25. The van der Waals surface area contributed by atoms with Crippen LogP contribution in [0.4, 0.5) is 4.39 Å². The molecule has 0 aromatic heterocycles. The van der Waals surface area contributed by atoms with Gasteiger partial charge in [0.05, 0.1) is 0 Å². The number of benzene rings is 1. The van der Waals surface area contributed by atoms with Crippen molar-refractivity contribution in [3.8, 4) is 0 Å². The van der Waals surface area contributed by atoms with E-state index < -0.39 is 0 Å². The summed E-state index contributed by atoms with van der Waals surface area (Å²) in [7, 11) is 0. The summed E-state index contributed by atoms with van der Waals surface area (Å²) in [4.78, 5) is 0. The van der Waals surface area contributed by atoms with Crippen LogP contribution >= 0.6 is 0 Å². The maximum absolute atomic E-state index is 12.9. The first-order valence-corrected chi connectivity index (χ1v) is 7.82. The molecule has 108 valence electrons. The van der Waals surface area contributed by atoms with Gasteiger partial charge in [0.2, 0.25) is 0 Å². The lowest BCUT2D eigenvalue weighted by Crippen LogP contribution is -2.16. The Kier molecular flexibility index (Phi) is 7.12. The van der Waals surface area contributed by atoms with Crippen LogP contribution in [0.15, 0.2) is 24.3 Å². The molecule has 0 aliphatic rings. The molecule has 0 aliphatic heterocycles. The maximum atomic E-state index is 12.9. The summed E-state index contributed by atoms with van der Waals surface area (Å²) < 4.78 is 12.9. The Morgan fingerprint density at radius 2 is 1.37 bits per heavy atom. The van der Waals surface area contributed by atoms with Crippen LogP contribution in [0, 0.1) is 5.82 Å². The molecule has 0 N–H and O–H groups in total. The van der Waals surface area contributed by atoms with Crippen molar-refractivity contribution in [2.45, 2.75) is 77.6 Å². The van der Waals surface area contributed by atoms with Gasteiger partial charge < -0.3 is 0 Å². The van der Waals surface area contributed by atoms with E-state index in [0.717, 1.165) is 0 Å². The molecule has 0 fully saturated rings. The van der Waals surface area contributed by atoms with Crippen LogP contribution in [0.2, 0.25) is 0 Å². The Morgan fingerprint density at radius 3 is 1.95 bits per heavy atom. The van der Waals surface area contributed by atoms with Gasteiger partial charge in [-0.25, -0.2) is 4.39 Å². The molecule has 1 heteroatoms. The number of hydrogen-bond acceptors (Lipinski definition) is 0. The largest absolute Gasteiger partial charge is 0.207 e. The van der Waals surface area contributed by atoms with Gasteiger partial charge in [-0.15, -0.1) is 0 Å². The lowest BCUT2D eigenvalue weighted by atomic mass is 9.80. The normalized spacial score (nSPS) is 11.8. The van der Waals surface area contributed by atoms with Gasteiger partial charge in [0.15, 0.2) is 0 Å². The van der Waals surface area contributed by atoms with Crippen molar-refractivity contribution < 1.29 is 4.39 Å². The second-order valence-electron chi connectivity index (χ2n) is 6.26. The average Bonchev–Trinajstić information content (AvgIpc) is 2.38. The molecule has 0 saturated carbocycles. The second kappa shape index (κ2) is 8.35. The van der Waals surface area contributed by atoms with Crippen molar-refractivity contribution in [2.75, 3.05) is 0 Å². The summed E-state index contributed by atoms with van der Waals surface area (Å²) in [6.07, 6.45) is 10.6. The zero-order chi connectivity index (χ0) is 14.1. The van der Waals surface area contributed by atoms with Crippen molar-refractivity contribution in [2.24, 2.45) is 0 Å². The average molecular weight is 264 g/mol. The Balaban J connectivity index is 2.25. The molecule has 1 aromatic rings. The van der Waals surface area contributed by atoms with Crippen molar-refractivity contribution >= 4 is 0 Å². The van der Waals surface area contributed by atoms with Crippen LogP contribution in [0.3, 0.4) is 0 Å². The lowest BCUT2D eigenvalue weighted by molar-refractivity contribution is 0.441. The second-order valence-corrected chi connectivity index (χ2v) is 6.26. The molecule has 0 heterocycles.